The maximum Gasteiger partial charge on any atom is 0.271 e. The first-order valence-corrected chi connectivity index (χ1v) is 11.0. The Morgan fingerprint density at radius 1 is 1.00 bits per heavy atom. The Labute approximate surface area is 202 Å². The van der Waals surface area contributed by atoms with Gasteiger partial charge in [0.1, 0.15) is 0 Å². The second-order valence-electron chi connectivity index (χ2n) is 8.00. The van der Waals surface area contributed by atoms with Crippen LogP contribution in [0.2, 0.25) is 0 Å². The summed E-state index contributed by atoms with van der Waals surface area (Å²) in [5.74, 6) is -2.84. The standard InChI is InChI=1S/C25H23N5O3S/c1-15-7-11-19(12-8-15)30-24(33)21(23(32)27-25(30)34)14-26-28-22(31)18-5-4-6-20(13-18)29-16(2)9-10-17(29)3/h4-14,21H,1-3H3,(H,28,31)(H,27,32,34)/b26-14+/t21-/m0/s1. The Morgan fingerprint density at radius 2 is 1.68 bits per heavy atom. The molecule has 1 atom stereocenters. The van der Waals surface area contributed by atoms with Gasteiger partial charge in [0.05, 0.1) is 5.69 Å². The van der Waals surface area contributed by atoms with Gasteiger partial charge in [0.25, 0.3) is 11.8 Å². The zero-order chi connectivity index (χ0) is 24.4. The topological polar surface area (TPSA) is 95.8 Å². The van der Waals surface area contributed by atoms with E-state index in [1.54, 1.807) is 30.3 Å². The van der Waals surface area contributed by atoms with Crippen LogP contribution in [-0.2, 0) is 9.59 Å². The molecule has 1 aliphatic heterocycles. The molecule has 0 aliphatic carbocycles. The van der Waals surface area contributed by atoms with Crippen LogP contribution in [0, 0.1) is 26.7 Å². The SMILES string of the molecule is Cc1ccc(N2C(=O)[C@@H](/C=N/NC(=O)c3cccc(-n4c(C)ccc4C)c3)C(=O)NC2=S)cc1. The molecule has 0 bridgehead atoms. The molecule has 3 aromatic rings. The number of thiocarbonyl (C=S) groups is 1. The molecule has 1 fully saturated rings. The average Bonchev–Trinajstić information content (AvgIpc) is 3.15. The molecule has 0 unspecified atom stereocenters. The number of aryl methyl sites for hydroxylation is 3. The molecule has 8 nitrogen and oxygen atoms in total. The minimum absolute atomic E-state index is 0.0000440. The maximum atomic E-state index is 13.0. The lowest BCUT2D eigenvalue weighted by Crippen LogP contribution is -2.58. The number of hydrogen-bond acceptors (Lipinski definition) is 5. The Balaban J connectivity index is 1.49. The van der Waals surface area contributed by atoms with Gasteiger partial charge in [-0.25, -0.2) is 5.43 Å². The number of hydrogen-bond donors (Lipinski definition) is 2. The van der Waals surface area contributed by atoms with Gasteiger partial charge in [0.15, 0.2) is 11.0 Å². The molecule has 1 saturated heterocycles. The predicted molar refractivity (Wildman–Crippen MR) is 134 cm³/mol. The quantitative estimate of drug-likeness (QED) is 0.258. The van der Waals surface area contributed by atoms with Crippen LogP contribution in [0.15, 0.2) is 65.8 Å². The minimum atomic E-state index is -1.23. The number of amides is 3. The van der Waals surface area contributed by atoms with Gasteiger partial charge in [0.2, 0.25) is 5.91 Å². The number of anilines is 1. The fraction of sp³-hybridized carbons (Fsp3) is 0.160. The van der Waals surface area contributed by atoms with Crippen LogP contribution in [0.25, 0.3) is 5.69 Å². The lowest BCUT2D eigenvalue weighted by molar-refractivity contribution is -0.130. The van der Waals surface area contributed by atoms with Crippen molar-refractivity contribution in [1.29, 1.82) is 0 Å². The smallest absolute Gasteiger partial charge is 0.271 e. The molecule has 2 heterocycles. The molecule has 1 aromatic heterocycles. The van der Waals surface area contributed by atoms with Crippen LogP contribution < -0.4 is 15.6 Å². The summed E-state index contributed by atoms with van der Waals surface area (Å²) in [6, 6.07) is 18.3. The molecule has 172 valence electrons. The Kier molecular flexibility index (Phi) is 6.38. The van der Waals surface area contributed by atoms with Gasteiger partial charge in [-0.3, -0.25) is 19.3 Å². The Morgan fingerprint density at radius 3 is 2.35 bits per heavy atom. The summed E-state index contributed by atoms with van der Waals surface area (Å²) in [6.07, 6.45) is 1.11. The van der Waals surface area contributed by atoms with Gasteiger partial charge in [-0.15, -0.1) is 0 Å². The number of benzene rings is 2. The summed E-state index contributed by atoms with van der Waals surface area (Å²) in [5.41, 5.74) is 7.30. The van der Waals surface area contributed by atoms with Crippen LogP contribution in [0.4, 0.5) is 5.69 Å². The normalized spacial score (nSPS) is 16.1. The van der Waals surface area contributed by atoms with Crippen molar-refractivity contribution in [2.24, 2.45) is 11.0 Å². The third-order valence-corrected chi connectivity index (χ3v) is 5.81. The highest BCUT2D eigenvalue weighted by molar-refractivity contribution is 7.80. The van der Waals surface area contributed by atoms with Gasteiger partial charge in [-0.05, 0) is 75.5 Å². The van der Waals surface area contributed by atoms with Crippen molar-refractivity contribution in [3.05, 3.63) is 83.2 Å². The zero-order valence-electron chi connectivity index (χ0n) is 18.9. The van der Waals surface area contributed by atoms with E-state index in [2.05, 4.69) is 15.8 Å². The summed E-state index contributed by atoms with van der Waals surface area (Å²) in [7, 11) is 0. The molecule has 1 aliphatic rings. The lowest BCUT2D eigenvalue weighted by Gasteiger charge is -2.30. The number of aromatic nitrogens is 1. The van der Waals surface area contributed by atoms with E-state index < -0.39 is 23.6 Å². The molecule has 34 heavy (non-hydrogen) atoms. The van der Waals surface area contributed by atoms with Crippen LogP contribution >= 0.6 is 12.2 Å². The number of carbonyl (C=O) groups is 3. The summed E-state index contributed by atoms with van der Waals surface area (Å²) < 4.78 is 2.04. The van der Waals surface area contributed by atoms with E-state index in [-0.39, 0.29) is 5.11 Å². The maximum absolute atomic E-state index is 13.0. The third-order valence-electron chi connectivity index (χ3n) is 5.52. The van der Waals surface area contributed by atoms with Crippen LogP contribution in [0.5, 0.6) is 0 Å². The molecule has 2 aromatic carbocycles. The van der Waals surface area contributed by atoms with Gasteiger partial charge in [-0.2, -0.15) is 5.10 Å². The fourth-order valence-corrected chi connectivity index (χ4v) is 4.05. The van der Waals surface area contributed by atoms with Crippen molar-refractivity contribution < 1.29 is 14.4 Å². The highest BCUT2D eigenvalue weighted by Crippen LogP contribution is 2.21. The second kappa shape index (κ2) is 9.40. The number of rotatable bonds is 5. The van der Waals surface area contributed by atoms with Crippen molar-refractivity contribution in [1.82, 2.24) is 15.3 Å². The van der Waals surface area contributed by atoms with Gasteiger partial charge >= 0.3 is 0 Å². The third kappa shape index (κ3) is 4.51. The lowest BCUT2D eigenvalue weighted by atomic mass is 10.1. The summed E-state index contributed by atoms with van der Waals surface area (Å²) in [6.45, 7) is 5.90. The molecule has 4 rings (SSSR count). The molecular formula is C25H23N5O3S. The van der Waals surface area contributed by atoms with E-state index in [4.69, 9.17) is 12.2 Å². The number of hydrazone groups is 1. The highest BCUT2D eigenvalue weighted by Gasteiger charge is 2.38. The second-order valence-corrected chi connectivity index (χ2v) is 8.39. The van der Waals surface area contributed by atoms with Crippen molar-refractivity contribution in [2.45, 2.75) is 20.8 Å². The van der Waals surface area contributed by atoms with E-state index >= 15 is 0 Å². The molecule has 0 spiro atoms. The predicted octanol–water partition coefficient (Wildman–Crippen LogP) is 3.18. The van der Waals surface area contributed by atoms with E-state index in [1.807, 2.05) is 55.7 Å². The van der Waals surface area contributed by atoms with Crippen molar-refractivity contribution in [3.63, 3.8) is 0 Å². The van der Waals surface area contributed by atoms with Crippen molar-refractivity contribution >= 4 is 47.0 Å². The monoisotopic (exact) mass is 473 g/mol. The molecule has 0 saturated carbocycles. The number of nitrogens with zero attached hydrogens (tertiary/aromatic N) is 3. The number of nitrogens with one attached hydrogen (secondary N) is 2. The number of carbonyl (C=O) groups excluding carboxylic acids is 3. The van der Waals surface area contributed by atoms with Crippen molar-refractivity contribution in [3.8, 4) is 5.69 Å². The molecule has 2 N–H and O–H groups in total. The first kappa shape index (κ1) is 23.1. The van der Waals surface area contributed by atoms with Crippen molar-refractivity contribution in [2.75, 3.05) is 4.90 Å². The van der Waals surface area contributed by atoms with E-state index in [9.17, 15) is 14.4 Å². The first-order valence-electron chi connectivity index (χ1n) is 10.6. The van der Waals surface area contributed by atoms with Gasteiger partial charge < -0.3 is 9.88 Å². The molecule has 3 amide bonds. The molecule has 9 heteroatoms. The van der Waals surface area contributed by atoms with E-state index in [0.29, 0.717) is 11.3 Å². The van der Waals surface area contributed by atoms with Crippen LogP contribution in [0.1, 0.15) is 27.3 Å². The fourth-order valence-electron chi connectivity index (χ4n) is 3.76. The van der Waals surface area contributed by atoms with E-state index in [0.717, 1.165) is 28.9 Å². The Bertz CT molecular complexity index is 1310. The first-order chi connectivity index (χ1) is 16.3. The largest absolute Gasteiger partial charge is 0.318 e. The Hall–Kier alpha value is -4.11. The minimum Gasteiger partial charge on any atom is -0.318 e. The summed E-state index contributed by atoms with van der Waals surface area (Å²) >= 11 is 5.19. The zero-order valence-corrected chi connectivity index (χ0v) is 19.7. The summed E-state index contributed by atoms with van der Waals surface area (Å²) in [5, 5.41) is 6.40. The van der Waals surface area contributed by atoms with Crippen LogP contribution in [0.3, 0.4) is 0 Å². The van der Waals surface area contributed by atoms with E-state index in [1.165, 1.54) is 4.90 Å². The molecule has 0 radical (unpaired) electrons. The molecular weight excluding hydrogens is 450 g/mol. The summed E-state index contributed by atoms with van der Waals surface area (Å²) in [4.78, 5) is 39.3. The van der Waals surface area contributed by atoms with Gasteiger partial charge in [-0.1, -0.05) is 23.8 Å². The highest BCUT2D eigenvalue weighted by atomic mass is 32.1. The van der Waals surface area contributed by atoms with Gasteiger partial charge in [0, 0.05) is 28.9 Å². The van der Waals surface area contributed by atoms with Crippen LogP contribution in [-0.4, -0.2) is 33.6 Å². The average molecular weight is 474 g/mol.